The number of nitrogens with zero attached hydrogens (tertiary/aromatic N) is 2. The third-order valence-electron chi connectivity index (χ3n) is 6.99. The van der Waals surface area contributed by atoms with Crippen molar-refractivity contribution in [2.45, 2.75) is 83.8 Å². The Labute approximate surface area is 157 Å². The number of carbonyl (C=O) groups is 1. The lowest BCUT2D eigenvalue weighted by Gasteiger charge is -2.55. The Morgan fingerprint density at radius 1 is 0.920 bits per heavy atom. The highest BCUT2D eigenvalue weighted by Gasteiger charge is 2.51. The van der Waals surface area contributed by atoms with Crippen molar-refractivity contribution in [1.82, 2.24) is 9.47 Å². The summed E-state index contributed by atoms with van der Waals surface area (Å²) in [6.07, 6.45) is 4.40. The molecule has 4 nitrogen and oxygen atoms in total. The van der Waals surface area contributed by atoms with E-state index in [0.717, 1.165) is 36.3 Å². The summed E-state index contributed by atoms with van der Waals surface area (Å²) in [5.74, 6) is -0.0926. The SMILES string of the molecule is CCC(C)[Si](C(C)CC)(C(C)CC)N1CCN(CCC(=O)OC)CC1. The normalized spacial score (nSPS) is 22.8. The van der Waals surface area contributed by atoms with Crippen LogP contribution in [0.15, 0.2) is 0 Å². The van der Waals surface area contributed by atoms with Gasteiger partial charge in [-0.05, 0) is 16.6 Å². The number of methoxy groups -OCH3 is 1. The van der Waals surface area contributed by atoms with Crippen molar-refractivity contribution < 1.29 is 9.53 Å². The minimum Gasteiger partial charge on any atom is -0.469 e. The molecule has 5 heteroatoms. The first-order valence-electron chi connectivity index (χ1n) is 10.4. The molecule has 3 atom stereocenters. The molecule has 0 aliphatic carbocycles. The van der Waals surface area contributed by atoms with Gasteiger partial charge >= 0.3 is 5.97 Å². The minimum atomic E-state index is -1.57. The van der Waals surface area contributed by atoms with Crippen LogP contribution in [0.1, 0.15) is 67.2 Å². The fraction of sp³-hybridized carbons (Fsp3) is 0.950. The van der Waals surface area contributed by atoms with Crippen LogP contribution < -0.4 is 0 Å². The van der Waals surface area contributed by atoms with Crippen LogP contribution in [0.25, 0.3) is 0 Å². The van der Waals surface area contributed by atoms with Crippen molar-refractivity contribution in [3.8, 4) is 0 Å². The molecule has 25 heavy (non-hydrogen) atoms. The molecule has 0 amide bonds. The third kappa shape index (κ3) is 5.07. The van der Waals surface area contributed by atoms with Crippen LogP contribution in [0.2, 0.25) is 16.6 Å². The van der Waals surface area contributed by atoms with Crippen LogP contribution in [0.5, 0.6) is 0 Å². The molecule has 0 radical (unpaired) electrons. The summed E-state index contributed by atoms with van der Waals surface area (Å²) >= 11 is 0. The summed E-state index contributed by atoms with van der Waals surface area (Å²) in [6, 6.07) is 0. The minimum absolute atomic E-state index is 0.0926. The quantitative estimate of drug-likeness (QED) is 0.418. The van der Waals surface area contributed by atoms with Crippen LogP contribution in [-0.2, 0) is 9.53 Å². The molecule has 0 saturated carbocycles. The first kappa shape index (κ1) is 22.6. The van der Waals surface area contributed by atoms with Gasteiger partial charge < -0.3 is 14.2 Å². The van der Waals surface area contributed by atoms with E-state index in [-0.39, 0.29) is 5.97 Å². The maximum atomic E-state index is 11.4. The van der Waals surface area contributed by atoms with Gasteiger partial charge in [0.15, 0.2) is 0 Å². The zero-order chi connectivity index (χ0) is 19.0. The number of hydrogen-bond donors (Lipinski definition) is 0. The van der Waals surface area contributed by atoms with Gasteiger partial charge in [-0.25, -0.2) is 0 Å². The van der Waals surface area contributed by atoms with E-state index in [4.69, 9.17) is 4.74 Å². The molecule has 1 aliphatic heterocycles. The summed E-state index contributed by atoms with van der Waals surface area (Å²) in [4.78, 5) is 13.9. The smallest absolute Gasteiger partial charge is 0.306 e. The topological polar surface area (TPSA) is 32.8 Å². The van der Waals surface area contributed by atoms with Crippen LogP contribution in [-0.4, -0.2) is 63.5 Å². The molecule has 1 fully saturated rings. The van der Waals surface area contributed by atoms with E-state index in [1.54, 1.807) is 0 Å². The lowest BCUT2D eigenvalue weighted by molar-refractivity contribution is -0.141. The lowest BCUT2D eigenvalue weighted by atomic mass is 10.3. The highest BCUT2D eigenvalue weighted by atomic mass is 28.3. The van der Waals surface area contributed by atoms with Gasteiger partial charge in [0, 0.05) is 32.7 Å². The molecule has 0 aromatic heterocycles. The maximum absolute atomic E-state index is 11.4. The zero-order valence-electron chi connectivity index (χ0n) is 17.8. The molecule has 0 aromatic carbocycles. The van der Waals surface area contributed by atoms with Crippen LogP contribution in [0, 0.1) is 0 Å². The Balaban J connectivity index is 2.89. The number of piperazine rings is 1. The van der Waals surface area contributed by atoms with Crippen LogP contribution in [0.3, 0.4) is 0 Å². The van der Waals surface area contributed by atoms with E-state index in [0.29, 0.717) is 6.42 Å². The summed E-state index contributed by atoms with van der Waals surface area (Å²) in [6.45, 7) is 20.1. The highest BCUT2D eigenvalue weighted by molar-refractivity contribution is 6.81. The monoisotopic (exact) mass is 370 g/mol. The van der Waals surface area contributed by atoms with Crippen LogP contribution in [0.4, 0.5) is 0 Å². The molecular formula is C20H42N2O2Si. The second-order valence-corrected chi connectivity index (χ2v) is 13.3. The van der Waals surface area contributed by atoms with Crippen molar-refractivity contribution in [3.63, 3.8) is 0 Å². The van der Waals surface area contributed by atoms with Gasteiger partial charge in [-0.2, -0.15) is 0 Å². The summed E-state index contributed by atoms with van der Waals surface area (Å²) in [5, 5.41) is 0. The predicted octanol–water partition coefficient (Wildman–Crippen LogP) is 4.51. The Bertz CT molecular complexity index is 371. The summed E-state index contributed by atoms with van der Waals surface area (Å²) in [7, 11) is -0.0943. The fourth-order valence-electron chi connectivity index (χ4n) is 5.08. The fourth-order valence-corrected chi connectivity index (χ4v) is 12.8. The van der Waals surface area contributed by atoms with E-state index in [1.165, 1.54) is 39.5 Å². The number of hydrogen-bond acceptors (Lipinski definition) is 4. The lowest BCUT2D eigenvalue weighted by Crippen LogP contribution is -2.66. The van der Waals surface area contributed by atoms with Gasteiger partial charge in [-0.3, -0.25) is 4.79 Å². The van der Waals surface area contributed by atoms with Gasteiger partial charge in [0.1, 0.15) is 8.24 Å². The second kappa shape index (κ2) is 10.7. The highest BCUT2D eigenvalue weighted by Crippen LogP contribution is 2.48. The number of carbonyl (C=O) groups excluding carboxylic acids is 1. The molecule has 3 unspecified atom stereocenters. The van der Waals surface area contributed by atoms with E-state index in [2.05, 4.69) is 51.0 Å². The van der Waals surface area contributed by atoms with Gasteiger partial charge in [0.2, 0.25) is 0 Å². The van der Waals surface area contributed by atoms with Crippen LogP contribution >= 0.6 is 0 Å². The van der Waals surface area contributed by atoms with E-state index < -0.39 is 8.24 Å². The summed E-state index contributed by atoms with van der Waals surface area (Å²) in [5.41, 5.74) is 2.50. The molecule has 0 aromatic rings. The predicted molar refractivity (Wildman–Crippen MR) is 110 cm³/mol. The van der Waals surface area contributed by atoms with Crippen molar-refractivity contribution in [1.29, 1.82) is 0 Å². The third-order valence-corrected chi connectivity index (χ3v) is 14.5. The molecule has 1 heterocycles. The molecule has 1 aliphatic rings. The molecule has 0 spiro atoms. The van der Waals surface area contributed by atoms with E-state index >= 15 is 0 Å². The molecule has 1 rings (SSSR count). The first-order valence-corrected chi connectivity index (χ1v) is 12.6. The molecule has 0 N–H and O–H groups in total. The Hall–Kier alpha value is -0.393. The molecule has 0 bridgehead atoms. The van der Waals surface area contributed by atoms with Crippen molar-refractivity contribution in [2.75, 3.05) is 39.8 Å². The number of esters is 1. The average molecular weight is 371 g/mol. The van der Waals surface area contributed by atoms with Crippen molar-refractivity contribution in [2.24, 2.45) is 0 Å². The standard InChI is InChI=1S/C20H42N2O2Si/c1-8-17(4)25(18(5)9-2,19(6)10-3)22-15-13-21(14-16-22)12-11-20(23)24-7/h17-19H,8-16H2,1-7H3. The molecule has 148 valence electrons. The van der Waals surface area contributed by atoms with E-state index in [1.807, 2.05) is 0 Å². The largest absolute Gasteiger partial charge is 0.469 e. The van der Waals surface area contributed by atoms with Gasteiger partial charge in [-0.15, -0.1) is 0 Å². The van der Waals surface area contributed by atoms with Gasteiger partial charge in [0.05, 0.1) is 13.5 Å². The number of ether oxygens (including phenoxy) is 1. The maximum Gasteiger partial charge on any atom is 0.306 e. The Morgan fingerprint density at radius 2 is 1.36 bits per heavy atom. The summed E-state index contributed by atoms with van der Waals surface area (Å²) < 4.78 is 7.73. The Morgan fingerprint density at radius 3 is 1.72 bits per heavy atom. The molecular weight excluding hydrogens is 328 g/mol. The van der Waals surface area contributed by atoms with E-state index in [9.17, 15) is 4.79 Å². The zero-order valence-corrected chi connectivity index (χ0v) is 18.8. The van der Waals surface area contributed by atoms with Gasteiger partial charge in [-0.1, -0.05) is 60.8 Å². The average Bonchev–Trinajstić information content (AvgIpc) is 2.66. The second-order valence-electron chi connectivity index (χ2n) is 7.97. The first-order chi connectivity index (χ1) is 11.9. The number of rotatable bonds is 10. The van der Waals surface area contributed by atoms with Crippen molar-refractivity contribution in [3.05, 3.63) is 0 Å². The van der Waals surface area contributed by atoms with Gasteiger partial charge in [0.25, 0.3) is 0 Å². The molecule has 1 saturated heterocycles. The van der Waals surface area contributed by atoms with Crippen molar-refractivity contribution >= 4 is 14.2 Å². The Kier molecular flexibility index (Phi) is 9.68.